The Morgan fingerprint density at radius 2 is 2.05 bits per heavy atom. The Balaban J connectivity index is 1.99. The first-order valence-electron chi connectivity index (χ1n) is 7.42. The average Bonchev–Trinajstić information content (AvgIpc) is 2.59. The van der Waals surface area contributed by atoms with Gasteiger partial charge >= 0.3 is 0 Å². The third-order valence-corrected chi connectivity index (χ3v) is 4.23. The molecule has 1 aromatic rings. The molecule has 2 rings (SSSR count). The molecule has 0 spiro atoms. The van der Waals surface area contributed by atoms with Crippen LogP contribution in [0.1, 0.15) is 37.7 Å². The molecule has 1 aliphatic carbocycles. The lowest BCUT2D eigenvalue weighted by atomic mass is 9.81. The minimum Gasteiger partial charge on any atom is -0.484 e. The van der Waals surface area contributed by atoms with Gasteiger partial charge in [0, 0.05) is 7.05 Å². The van der Waals surface area contributed by atoms with Gasteiger partial charge in [0.15, 0.2) is 6.61 Å². The first-order valence-corrected chi connectivity index (χ1v) is 7.42. The number of likely N-dealkylation sites (N-methyl/N-ethyl adjacent to an activating group) is 1. The number of carbonyl (C=O) groups excluding carboxylic acids is 1. The molecule has 0 bridgehead atoms. The van der Waals surface area contributed by atoms with Crippen LogP contribution in [0.4, 0.5) is 0 Å². The van der Waals surface area contributed by atoms with Crippen molar-refractivity contribution in [2.75, 3.05) is 13.7 Å². The Hall–Kier alpha value is -2.53. The molecule has 0 heterocycles. The van der Waals surface area contributed by atoms with E-state index in [1.165, 1.54) is 4.90 Å². The van der Waals surface area contributed by atoms with Crippen LogP contribution in [0.25, 0.3) is 0 Å². The van der Waals surface area contributed by atoms with Gasteiger partial charge in [0.1, 0.15) is 11.3 Å². The topological polar surface area (TPSA) is 77.1 Å². The van der Waals surface area contributed by atoms with Crippen LogP contribution in [0.5, 0.6) is 5.75 Å². The van der Waals surface area contributed by atoms with Crippen molar-refractivity contribution in [3.05, 3.63) is 29.8 Å². The van der Waals surface area contributed by atoms with Crippen molar-refractivity contribution >= 4 is 5.91 Å². The number of ether oxygens (including phenoxy) is 1. The molecule has 0 N–H and O–H groups in total. The fourth-order valence-corrected chi connectivity index (χ4v) is 2.79. The Kier molecular flexibility index (Phi) is 5.01. The normalized spacial score (nSPS) is 16.1. The molecule has 0 radical (unpaired) electrons. The van der Waals surface area contributed by atoms with Gasteiger partial charge in [-0.2, -0.15) is 10.5 Å². The first kappa shape index (κ1) is 15.9. The second kappa shape index (κ2) is 6.95. The van der Waals surface area contributed by atoms with Gasteiger partial charge in [-0.15, -0.1) is 0 Å². The van der Waals surface area contributed by atoms with E-state index in [1.54, 1.807) is 31.3 Å². The highest BCUT2D eigenvalue weighted by molar-refractivity contribution is 5.78. The summed E-state index contributed by atoms with van der Waals surface area (Å²) in [6.07, 6.45) is 4.49. The molecule has 1 aliphatic rings. The van der Waals surface area contributed by atoms with Crippen molar-refractivity contribution in [3.63, 3.8) is 0 Å². The van der Waals surface area contributed by atoms with Gasteiger partial charge in [0.25, 0.3) is 5.91 Å². The van der Waals surface area contributed by atoms with Crippen molar-refractivity contribution < 1.29 is 9.53 Å². The number of carbonyl (C=O) groups is 1. The molecule has 22 heavy (non-hydrogen) atoms. The van der Waals surface area contributed by atoms with Crippen LogP contribution in [0.15, 0.2) is 24.3 Å². The molecule has 5 heteroatoms. The molecule has 0 aromatic heterocycles. The summed E-state index contributed by atoms with van der Waals surface area (Å²) in [5.74, 6) is 0.265. The summed E-state index contributed by atoms with van der Waals surface area (Å²) in [5.41, 5.74) is -0.216. The molecule has 1 fully saturated rings. The summed E-state index contributed by atoms with van der Waals surface area (Å²) in [6.45, 7) is -0.130. The first-order chi connectivity index (χ1) is 10.6. The highest BCUT2D eigenvalue weighted by Crippen LogP contribution is 2.32. The highest BCUT2D eigenvalue weighted by atomic mass is 16.5. The van der Waals surface area contributed by atoms with E-state index in [1.807, 2.05) is 6.07 Å². The van der Waals surface area contributed by atoms with Crippen LogP contribution in [-0.2, 0) is 4.79 Å². The zero-order valence-electron chi connectivity index (χ0n) is 12.7. The van der Waals surface area contributed by atoms with Gasteiger partial charge in [0.2, 0.25) is 0 Å². The van der Waals surface area contributed by atoms with Crippen LogP contribution in [0, 0.1) is 22.7 Å². The molecular weight excluding hydrogens is 278 g/mol. The molecule has 0 saturated heterocycles. The van der Waals surface area contributed by atoms with Crippen molar-refractivity contribution in [1.82, 2.24) is 4.90 Å². The molecule has 0 aliphatic heterocycles. The van der Waals surface area contributed by atoms with Crippen LogP contribution in [-0.4, -0.2) is 30.0 Å². The Bertz CT molecular complexity index is 622. The summed E-state index contributed by atoms with van der Waals surface area (Å²) < 4.78 is 5.46. The Morgan fingerprint density at radius 1 is 1.32 bits per heavy atom. The van der Waals surface area contributed by atoms with Crippen molar-refractivity contribution in [1.29, 1.82) is 10.5 Å². The minimum atomic E-state index is -0.701. The van der Waals surface area contributed by atoms with Gasteiger partial charge < -0.3 is 9.64 Å². The van der Waals surface area contributed by atoms with Crippen molar-refractivity contribution in [2.24, 2.45) is 0 Å². The van der Waals surface area contributed by atoms with E-state index < -0.39 is 5.54 Å². The van der Waals surface area contributed by atoms with Gasteiger partial charge in [-0.1, -0.05) is 25.3 Å². The van der Waals surface area contributed by atoms with E-state index in [-0.39, 0.29) is 12.5 Å². The molecule has 5 nitrogen and oxygen atoms in total. The third kappa shape index (κ3) is 3.38. The molecule has 0 unspecified atom stereocenters. The maximum absolute atomic E-state index is 12.3. The molecule has 1 saturated carbocycles. The molecular formula is C17H19N3O2. The number of benzene rings is 1. The third-order valence-electron chi connectivity index (χ3n) is 4.23. The molecule has 1 amide bonds. The van der Waals surface area contributed by atoms with Crippen molar-refractivity contribution in [3.8, 4) is 17.9 Å². The van der Waals surface area contributed by atoms with Gasteiger partial charge in [-0.05, 0) is 31.0 Å². The SMILES string of the molecule is CN(C(=O)COc1cccc(C#N)c1)C1(C#N)CCCCC1. The quantitative estimate of drug-likeness (QED) is 0.856. The summed E-state index contributed by atoms with van der Waals surface area (Å²) in [7, 11) is 1.67. The number of nitrogens with zero attached hydrogens (tertiary/aromatic N) is 3. The van der Waals surface area contributed by atoms with Crippen LogP contribution in [0.2, 0.25) is 0 Å². The standard InChI is InChI=1S/C17H19N3O2/c1-20(17(13-19)8-3-2-4-9-17)16(21)12-22-15-7-5-6-14(10-15)11-18/h5-7,10H,2-4,8-9,12H2,1H3. The van der Waals surface area contributed by atoms with Gasteiger partial charge in [0.05, 0.1) is 17.7 Å². The molecule has 114 valence electrons. The fourth-order valence-electron chi connectivity index (χ4n) is 2.79. The van der Waals surface area contributed by atoms with E-state index >= 15 is 0 Å². The second-order valence-corrected chi connectivity index (χ2v) is 5.59. The van der Waals surface area contributed by atoms with Gasteiger partial charge in [-0.25, -0.2) is 0 Å². The van der Waals surface area contributed by atoms with E-state index in [2.05, 4.69) is 6.07 Å². The summed E-state index contributed by atoms with van der Waals surface area (Å²) in [4.78, 5) is 13.8. The summed E-state index contributed by atoms with van der Waals surface area (Å²) in [5, 5.41) is 18.3. The number of amides is 1. The van der Waals surface area contributed by atoms with Crippen molar-refractivity contribution in [2.45, 2.75) is 37.6 Å². The Morgan fingerprint density at radius 3 is 2.68 bits per heavy atom. The summed E-state index contributed by atoms with van der Waals surface area (Å²) >= 11 is 0. The van der Waals surface area contributed by atoms with E-state index in [0.717, 1.165) is 32.1 Å². The number of hydrogen-bond acceptors (Lipinski definition) is 4. The zero-order valence-corrected chi connectivity index (χ0v) is 12.7. The second-order valence-electron chi connectivity index (χ2n) is 5.59. The Labute approximate surface area is 130 Å². The predicted octanol–water partition coefficient (Wildman–Crippen LogP) is 2.62. The molecule has 1 aromatic carbocycles. The maximum Gasteiger partial charge on any atom is 0.261 e. The average molecular weight is 297 g/mol. The fraction of sp³-hybridized carbons (Fsp3) is 0.471. The monoisotopic (exact) mass is 297 g/mol. The van der Waals surface area contributed by atoms with Gasteiger partial charge in [-0.3, -0.25) is 4.79 Å². The maximum atomic E-state index is 12.3. The largest absolute Gasteiger partial charge is 0.484 e. The lowest BCUT2D eigenvalue weighted by molar-refractivity contribution is -0.137. The highest BCUT2D eigenvalue weighted by Gasteiger charge is 2.38. The summed E-state index contributed by atoms with van der Waals surface area (Å²) in [6, 6.07) is 11.0. The van der Waals surface area contributed by atoms with E-state index in [0.29, 0.717) is 11.3 Å². The lowest BCUT2D eigenvalue weighted by Gasteiger charge is -2.38. The van der Waals surface area contributed by atoms with Crippen LogP contribution >= 0.6 is 0 Å². The zero-order chi connectivity index (χ0) is 16.0. The lowest BCUT2D eigenvalue weighted by Crippen LogP contribution is -2.51. The van der Waals surface area contributed by atoms with Crippen LogP contribution < -0.4 is 4.74 Å². The molecule has 0 atom stereocenters. The van der Waals surface area contributed by atoms with E-state index in [4.69, 9.17) is 10.00 Å². The number of hydrogen-bond donors (Lipinski definition) is 0. The van der Waals surface area contributed by atoms with Crippen LogP contribution in [0.3, 0.4) is 0 Å². The number of nitriles is 2. The smallest absolute Gasteiger partial charge is 0.261 e. The predicted molar refractivity (Wildman–Crippen MR) is 80.9 cm³/mol. The van der Waals surface area contributed by atoms with E-state index in [9.17, 15) is 10.1 Å². The number of rotatable bonds is 4. The minimum absolute atomic E-state index is 0.130.